The zero-order valence-corrected chi connectivity index (χ0v) is 12.8. The summed E-state index contributed by atoms with van der Waals surface area (Å²) in [5.74, 6) is 1.39. The van der Waals surface area contributed by atoms with Crippen LogP contribution in [0.3, 0.4) is 0 Å². The molecule has 3 atom stereocenters. The monoisotopic (exact) mass is 279 g/mol. The van der Waals surface area contributed by atoms with Crippen LogP contribution < -0.4 is 5.73 Å². The van der Waals surface area contributed by atoms with E-state index in [9.17, 15) is 0 Å². The minimum Gasteiger partial charge on any atom is -0.327 e. The van der Waals surface area contributed by atoms with Crippen LogP contribution in [0.2, 0.25) is 0 Å². The molecule has 110 valence electrons. The van der Waals surface area contributed by atoms with Gasteiger partial charge in [0.1, 0.15) is 0 Å². The van der Waals surface area contributed by atoms with Crippen molar-refractivity contribution in [1.82, 2.24) is 0 Å². The molecule has 1 aliphatic rings. The van der Waals surface area contributed by atoms with Crippen molar-refractivity contribution in [3.05, 3.63) is 60.2 Å². The van der Waals surface area contributed by atoms with Crippen LogP contribution in [0, 0.1) is 5.92 Å². The molecule has 0 heterocycles. The highest BCUT2D eigenvalue weighted by Gasteiger charge is 2.28. The zero-order chi connectivity index (χ0) is 14.7. The fraction of sp³-hybridized carbons (Fsp3) is 0.400. The second kappa shape index (κ2) is 6.44. The minimum atomic E-state index is 0.329. The Morgan fingerprint density at radius 2 is 1.57 bits per heavy atom. The molecule has 0 radical (unpaired) electrons. The summed E-state index contributed by atoms with van der Waals surface area (Å²) in [5.41, 5.74) is 10.4. The van der Waals surface area contributed by atoms with E-state index in [0.717, 1.165) is 5.92 Å². The third-order valence-electron chi connectivity index (χ3n) is 5.04. The Morgan fingerprint density at radius 1 is 0.905 bits per heavy atom. The van der Waals surface area contributed by atoms with Crippen LogP contribution in [0.25, 0.3) is 11.1 Å². The van der Waals surface area contributed by atoms with Crippen LogP contribution in [0.15, 0.2) is 54.6 Å². The summed E-state index contributed by atoms with van der Waals surface area (Å²) < 4.78 is 0. The van der Waals surface area contributed by atoms with Crippen molar-refractivity contribution in [3.8, 4) is 11.1 Å². The fourth-order valence-electron chi connectivity index (χ4n) is 3.59. The summed E-state index contributed by atoms with van der Waals surface area (Å²) in [6.45, 7) is 2.30. The average Bonchev–Trinajstić information content (AvgIpc) is 2.56. The second-order valence-electron chi connectivity index (χ2n) is 6.35. The van der Waals surface area contributed by atoms with Crippen LogP contribution >= 0.6 is 0 Å². The zero-order valence-electron chi connectivity index (χ0n) is 12.8. The molecule has 0 spiro atoms. The smallest absolute Gasteiger partial charge is 0.0108 e. The maximum Gasteiger partial charge on any atom is 0.0108 e. The van der Waals surface area contributed by atoms with Gasteiger partial charge >= 0.3 is 0 Å². The molecule has 1 fully saturated rings. The Labute approximate surface area is 128 Å². The molecular weight excluding hydrogens is 254 g/mol. The van der Waals surface area contributed by atoms with Gasteiger partial charge in [0.25, 0.3) is 0 Å². The lowest BCUT2D eigenvalue weighted by Gasteiger charge is -2.34. The van der Waals surface area contributed by atoms with Gasteiger partial charge in [0, 0.05) is 6.04 Å². The molecule has 2 aromatic carbocycles. The van der Waals surface area contributed by atoms with E-state index < -0.39 is 0 Å². The van der Waals surface area contributed by atoms with Crippen LogP contribution in [-0.4, -0.2) is 6.04 Å². The lowest BCUT2D eigenvalue weighted by Crippen LogP contribution is -2.34. The van der Waals surface area contributed by atoms with E-state index >= 15 is 0 Å². The summed E-state index contributed by atoms with van der Waals surface area (Å²) in [4.78, 5) is 0. The van der Waals surface area contributed by atoms with E-state index in [1.165, 1.54) is 42.4 Å². The third-order valence-corrected chi connectivity index (χ3v) is 5.04. The van der Waals surface area contributed by atoms with Crippen LogP contribution in [0.1, 0.15) is 44.1 Å². The SMILES string of the molecule is CCC1CCC(N)C(c2ccc(-c3ccccc3)cc2)C1. The first-order valence-corrected chi connectivity index (χ1v) is 8.19. The summed E-state index contributed by atoms with van der Waals surface area (Å²) in [5, 5.41) is 0. The second-order valence-corrected chi connectivity index (χ2v) is 6.35. The first-order valence-electron chi connectivity index (χ1n) is 8.19. The number of rotatable bonds is 3. The molecule has 1 heteroatoms. The topological polar surface area (TPSA) is 26.0 Å². The van der Waals surface area contributed by atoms with E-state index in [1.54, 1.807) is 0 Å². The van der Waals surface area contributed by atoms with Gasteiger partial charge in [0.2, 0.25) is 0 Å². The molecule has 2 N–H and O–H groups in total. The summed E-state index contributed by atoms with van der Waals surface area (Å²) in [7, 11) is 0. The van der Waals surface area contributed by atoms with Crippen molar-refractivity contribution in [2.24, 2.45) is 11.7 Å². The summed E-state index contributed by atoms with van der Waals surface area (Å²) in [6.07, 6.45) is 5.01. The number of hydrogen-bond acceptors (Lipinski definition) is 1. The van der Waals surface area contributed by atoms with Crippen LogP contribution in [-0.2, 0) is 0 Å². The van der Waals surface area contributed by atoms with E-state index in [-0.39, 0.29) is 0 Å². The molecule has 1 saturated carbocycles. The first kappa shape index (κ1) is 14.3. The van der Waals surface area contributed by atoms with Gasteiger partial charge in [-0.2, -0.15) is 0 Å². The maximum atomic E-state index is 6.38. The number of hydrogen-bond donors (Lipinski definition) is 1. The predicted octanol–water partition coefficient (Wildman–Crippen LogP) is 4.97. The summed E-state index contributed by atoms with van der Waals surface area (Å²) in [6, 6.07) is 19.9. The molecule has 2 aromatic rings. The van der Waals surface area contributed by atoms with Gasteiger partial charge in [0.05, 0.1) is 0 Å². The van der Waals surface area contributed by atoms with Crippen molar-refractivity contribution in [1.29, 1.82) is 0 Å². The van der Waals surface area contributed by atoms with Crippen molar-refractivity contribution in [3.63, 3.8) is 0 Å². The van der Waals surface area contributed by atoms with Gasteiger partial charge in [0.15, 0.2) is 0 Å². The Kier molecular flexibility index (Phi) is 4.40. The predicted molar refractivity (Wildman–Crippen MR) is 90.2 cm³/mol. The average molecular weight is 279 g/mol. The number of benzene rings is 2. The largest absolute Gasteiger partial charge is 0.327 e. The Morgan fingerprint density at radius 3 is 2.24 bits per heavy atom. The van der Waals surface area contributed by atoms with Crippen molar-refractivity contribution >= 4 is 0 Å². The van der Waals surface area contributed by atoms with E-state index in [2.05, 4.69) is 61.5 Å². The molecule has 21 heavy (non-hydrogen) atoms. The highest BCUT2D eigenvalue weighted by Crippen LogP contribution is 2.37. The highest BCUT2D eigenvalue weighted by atomic mass is 14.7. The molecule has 3 rings (SSSR count). The van der Waals surface area contributed by atoms with Gasteiger partial charge in [-0.05, 0) is 47.8 Å². The molecule has 0 amide bonds. The highest BCUT2D eigenvalue weighted by molar-refractivity contribution is 5.63. The quantitative estimate of drug-likeness (QED) is 0.843. The normalized spacial score (nSPS) is 25.7. The minimum absolute atomic E-state index is 0.329. The Hall–Kier alpha value is -1.60. The van der Waals surface area contributed by atoms with Gasteiger partial charge < -0.3 is 5.73 Å². The standard InChI is InChI=1S/C20H25N/c1-2-15-8-13-20(21)19(14-15)18-11-9-17(10-12-18)16-6-4-3-5-7-16/h3-7,9-12,15,19-20H,2,8,13-14,21H2,1H3. The Balaban J connectivity index is 1.80. The lowest BCUT2D eigenvalue weighted by atomic mass is 9.74. The number of nitrogens with two attached hydrogens (primary N) is 1. The molecule has 0 aromatic heterocycles. The molecule has 1 aliphatic carbocycles. The third kappa shape index (κ3) is 3.19. The van der Waals surface area contributed by atoms with E-state index in [1.807, 2.05) is 0 Å². The lowest BCUT2D eigenvalue weighted by molar-refractivity contribution is 0.282. The van der Waals surface area contributed by atoms with E-state index in [0.29, 0.717) is 12.0 Å². The molecule has 0 bridgehead atoms. The molecular formula is C20H25N. The van der Waals surface area contributed by atoms with Gasteiger partial charge in [-0.25, -0.2) is 0 Å². The summed E-state index contributed by atoms with van der Waals surface area (Å²) >= 11 is 0. The first-order chi connectivity index (χ1) is 10.3. The van der Waals surface area contributed by atoms with Crippen molar-refractivity contribution < 1.29 is 0 Å². The van der Waals surface area contributed by atoms with Crippen LogP contribution in [0.5, 0.6) is 0 Å². The van der Waals surface area contributed by atoms with Crippen molar-refractivity contribution in [2.45, 2.75) is 44.6 Å². The molecule has 1 nitrogen and oxygen atoms in total. The molecule has 0 saturated heterocycles. The van der Waals surface area contributed by atoms with Gasteiger partial charge in [-0.15, -0.1) is 0 Å². The maximum absolute atomic E-state index is 6.38. The molecule has 0 aliphatic heterocycles. The van der Waals surface area contributed by atoms with E-state index in [4.69, 9.17) is 5.73 Å². The van der Waals surface area contributed by atoms with Gasteiger partial charge in [-0.1, -0.05) is 67.9 Å². The fourth-order valence-corrected chi connectivity index (χ4v) is 3.59. The van der Waals surface area contributed by atoms with Gasteiger partial charge in [-0.3, -0.25) is 0 Å². The molecule has 3 unspecified atom stereocenters. The Bertz CT molecular complexity index is 558. The van der Waals surface area contributed by atoms with Crippen molar-refractivity contribution in [2.75, 3.05) is 0 Å². The van der Waals surface area contributed by atoms with Crippen LogP contribution in [0.4, 0.5) is 0 Å².